The van der Waals surface area contributed by atoms with Crippen molar-refractivity contribution >= 4 is 0 Å². The van der Waals surface area contributed by atoms with Crippen LogP contribution in [-0.2, 0) is 25.5 Å². The zero-order chi connectivity index (χ0) is 18.6. The van der Waals surface area contributed by atoms with Gasteiger partial charge in [-0.3, -0.25) is 0 Å². The smallest absolute Gasteiger partial charge is 0.0369 e. The molecule has 1 fully saturated rings. The van der Waals surface area contributed by atoms with E-state index in [9.17, 15) is 0 Å². The van der Waals surface area contributed by atoms with E-state index in [0.717, 1.165) is 11.3 Å². The number of benzene rings is 2. The van der Waals surface area contributed by atoms with Crippen molar-refractivity contribution in [2.75, 3.05) is 0 Å². The van der Waals surface area contributed by atoms with Gasteiger partial charge in [0.15, 0.2) is 0 Å². The van der Waals surface area contributed by atoms with Crippen LogP contribution < -0.4 is 0 Å². The Labute approximate surface area is 182 Å². The number of rotatable bonds is 2. The fourth-order valence-electron chi connectivity index (χ4n) is 4.88. The van der Waals surface area contributed by atoms with Crippen molar-refractivity contribution < 1.29 is 20.1 Å². The molecule has 2 aliphatic rings. The summed E-state index contributed by atoms with van der Waals surface area (Å²) < 4.78 is 0. The maximum atomic E-state index is 5.18. The summed E-state index contributed by atoms with van der Waals surface area (Å²) in [6.45, 7) is 6.78. The molecule has 2 bridgehead atoms. The zero-order valence-corrected chi connectivity index (χ0v) is 19.1. The van der Waals surface area contributed by atoms with Crippen LogP contribution in [0.3, 0.4) is 0 Å². The van der Waals surface area contributed by atoms with Gasteiger partial charge in [-0.1, -0.05) is 57.2 Å². The topological polar surface area (TPSA) is 12.9 Å². The molecule has 5 rings (SSSR count). The van der Waals surface area contributed by atoms with Crippen molar-refractivity contribution in [3.05, 3.63) is 77.5 Å². The van der Waals surface area contributed by atoms with Gasteiger partial charge in [-0.05, 0) is 53.0 Å². The third-order valence-electron chi connectivity index (χ3n) is 6.34. The SMILES string of the molecule is CC(C)(C)c1cc[c-]c(-c2cc(-c3ccccc3)c3c(n2)C2CCC3C2)c1.[Ir]. The Kier molecular flexibility index (Phi) is 5.06. The normalized spacial score (nSPS) is 20.0. The fourth-order valence-corrected chi connectivity index (χ4v) is 4.88. The molecule has 0 aliphatic heterocycles. The van der Waals surface area contributed by atoms with Crippen LogP contribution >= 0.6 is 0 Å². The Balaban J connectivity index is 0.00000192. The molecule has 2 aliphatic carbocycles. The van der Waals surface area contributed by atoms with Crippen LogP contribution in [0.4, 0.5) is 0 Å². The maximum Gasteiger partial charge on any atom is 0.0369 e. The quantitative estimate of drug-likeness (QED) is 0.321. The molecule has 1 nitrogen and oxygen atoms in total. The second kappa shape index (κ2) is 7.25. The van der Waals surface area contributed by atoms with Crippen LogP contribution in [0.15, 0.2) is 54.6 Å². The van der Waals surface area contributed by atoms with Crippen molar-refractivity contribution in [3.63, 3.8) is 0 Å². The summed E-state index contributed by atoms with van der Waals surface area (Å²) in [5.41, 5.74) is 9.24. The summed E-state index contributed by atoms with van der Waals surface area (Å²) in [6, 6.07) is 23.1. The largest absolute Gasteiger partial charge is 0.301 e. The van der Waals surface area contributed by atoms with Crippen LogP contribution in [0.25, 0.3) is 22.4 Å². The average Bonchev–Trinajstić information content (AvgIpc) is 3.30. The van der Waals surface area contributed by atoms with E-state index in [1.807, 2.05) is 0 Å². The Morgan fingerprint density at radius 1 is 0.964 bits per heavy atom. The van der Waals surface area contributed by atoms with Crippen molar-refractivity contribution in [1.82, 2.24) is 4.98 Å². The number of fused-ring (bicyclic) bond motifs is 5. The summed E-state index contributed by atoms with van der Waals surface area (Å²) in [6.07, 6.45) is 3.91. The van der Waals surface area contributed by atoms with Crippen molar-refractivity contribution in [1.29, 1.82) is 0 Å². The Morgan fingerprint density at radius 2 is 1.71 bits per heavy atom. The molecular formula is C26H26IrN-. The van der Waals surface area contributed by atoms with Crippen LogP contribution in [0.2, 0.25) is 0 Å². The van der Waals surface area contributed by atoms with Crippen LogP contribution in [0.1, 0.15) is 68.7 Å². The summed E-state index contributed by atoms with van der Waals surface area (Å²) in [4.78, 5) is 5.18. The average molecular weight is 545 g/mol. The van der Waals surface area contributed by atoms with Gasteiger partial charge in [0.25, 0.3) is 0 Å². The molecule has 3 aromatic rings. The van der Waals surface area contributed by atoms with E-state index in [4.69, 9.17) is 4.98 Å². The standard InChI is InChI=1S/C26H26N.Ir/c1-26(2,3)21-11-7-10-18(15-21)23-16-22(17-8-5-4-6-9-17)24-19-12-13-20(14-19)25(24)27-23;/h4-9,11,15-16,19-20H,12-14H2,1-3H3;/q-1;. The van der Waals surface area contributed by atoms with Crippen LogP contribution in [-0.4, -0.2) is 4.98 Å². The maximum absolute atomic E-state index is 5.18. The molecule has 0 amide bonds. The fraction of sp³-hybridized carbons (Fsp3) is 0.346. The van der Waals surface area contributed by atoms with Gasteiger partial charge in [0.2, 0.25) is 0 Å². The molecule has 0 N–H and O–H groups in total. The minimum atomic E-state index is 0. The molecule has 28 heavy (non-hydrogen) atoms. The first kappa shape index (κ1) is 19.6. The predicted octanol–water partition coefficient (Wildman–Crippen LogP) is 6.88. The molecule has 1 aromatic heterocycles. The third-order valence-corrected chi connectivity index (χ3v) is 6.34. The molecule has 2 aromatic carbocycles. The van der Waals surface area contributed by atoms with E-state index in [1.54, 1.807) is 0 Å². The van der Waals surface area contributed by atoms with Gasteiger partial charge in [-0.25, -0.2) is 0 Å². The van der Waals surface area contributed by atoms with Crippen molar-refractivity contribution in [2.45, 2.75) is 57.3 Å². The molecule has 1 heterocycles. The van der Waals surface area contributed by atoms with Gasteiger partial charge in [0, 0.05) is 31.7 Å². The molecule has 1 saturated carbocycles. The summed E-state index contributed by atoms with van der Waals surface area (Å²) in [5.74, 6) is 1.35. The molecule has 2 unspecified atom stereocenters. The Hall–Kier alpha value is -1.76. The molecular weight excluding hydrogens is 519 g/mol. The van der Waals surface area contributed by atoms with Gasteiger partial charge >= 0.3 is 0 Å². The number of hydrogen-bond donors (Lipinski definition) is 0. The van der Waals surface area contributed by atoms with Crippen molar-refractivity contribution in [2.24, 2.45) is 0 Å². The minimum Gasteiger partial charge on any atom is -0.301 e. The van der Waals surface area contributed by atoms with Crippen LogP contribution in [0, 0.1) is 6.07 Å². The molecule has 1 radical (unpaired) electrons. The predicted molar refractivity (Wildman–Crippen MR) is 112 cm³/mol. The first-order valence-corrected chi connectivity index (χ1v) is 10.1. The molecule has 145 valence electrons. The first-order chi connectivity index (χ1) is 13.0. The molecule has 0 spiro atoms. The molecule has 0 saturated heterocycles. The Bertz CT molecular complexity index is 1000. The van der Waals surface area contributed by atoms with Gasteiger partial charge in [-0.2, -0.15) is 0 Å². The second-order valence-electron chi connectivity index (χ2n) is 9.17. The van der Waals surface area contributed by atoms with E-state index < -0.39 is 0 Å². The van der Waals surface area contributed by atoms with Gasteiger partial charge in [-0.15, -0.1) is 35.4 Å². The van der Waals surface area contributed by atoms with Gasteiger partial charge in [0.1, 0.15) is 0 Å². The van der Waals surface area contributed by atoms with E-state index >= 15 is 0 Å². The van der Waals surface area contributed by atoms with Crippen LogP contribution in [0.5, 0.6) is 0 Å². The molecule has 2 atom stereocenters. The monoisotopic (exact) mass is 545 g/mol. The van der Waals surface area contributed by atoms with E-state index in [-0.39, 0.29) is 25.5 Å². The summed E-state index contributed by atoms with van der Waals surface area (Å²) in [5, 5.41) is 0. The zero-order valence-electron chi connectivity index (χ0n) is 16.8. The van der Waals surface area contributed by atoms with Crippen molar-refractivity contribution in [3.8, 4) is 22.4 Å². The van der Waals surface area contributed by atoms with E-state index in [2.05, 4.69) is 81.4 Å². The summed E-state index contributed by atoms with van der Waals surface area (Å²) >= 11 is 0. The summed E-state index contributed by atoms with van der Waals surface area (Å²) in [7, 11) is 0. The van der Waals surface area contributed by atoms with E-state index in [1.165, 1.54) is 47.2 Å². The third kappa shape index (κ3) is 3.27. The number of nitrogens with zero attached hydrogens (tertiary/aromatic N) is 1. The minimum absolute atomic E-state index is 0. The Morgan fingerprint density at radius 3 is 2.46 bits per heavy atom. The van der Waals surface area contributed by atoms with E-state index in [0.29, 0.717) is 11.8 Å². The second-order valence-corrected chi connectivity index (χ2v) is 9.17. The number of aromatic nitrogens is 1. The number of pyridine rings is 1. The number of hydrogen-bond acceptors (Lipinski definition) is 1. The molecule has 2 heteroatoms. The van der Waals surface area contributed by atoms with Gasteiger partial charge < -0.3 is 4.98 Å². The van der Waals surface area contributed by atoms with Gasteiger partial charge in [0.05, 0.1) is 0 Å². The first-order valence-electron chi connectivity index (χ1n) is 10.1.